The van der Waals surface area contributed by atoms with Gasteiger partial charge in [0.05, 0.1) is 5.56 Å². The third-order valence-electron chi connectivity index (χ3n) is 4.92. The molecule has 0 saturated heterocycles. The molecule has 0 aromatic heterocycles. The summed E-state index contributed by atoms with van der Waals surface area (Å²) in [6, 6.07) is 5.62. The Bertz CT molecular complexity index is 533. The van der Waals surface area contributed by atoms with Crippen molar-refractivity contribution in [2.45, 2.75) is 30.6 Å². The van der Waals surface area contributed by atoms with Gasteiger partial charge in [-0.05, 0) is 71.1 Å². The molecule has 0 heterocycles. The number of halogens is 1. The number of carbonyl (C=O) groups is 1. The van der Waals surface area contributed by atoms with Crippen molar-refractivity contribution >= 4 is 34.5 Å². The van der Waals surface area contributed by atoms with Crippen molar-refractivity contribution in [1.29, 1.82) is 0 Å². The van der Waals surface area contributed by atoms with Crippen molar-refractivity contribution in [2.24, 2.45) is 17.8 Å². The summed E-state index contributed by atoms with van der Waals surface area (Å²) in [5, 5.41) is 0. The van der Waals surface area contributed by atoms with Crippen LogP contribution in [0.15, 0.2) is 27.6 Å². The number of carbonyl (C=O) groups excluding carboxylic acids is 1. The molecule has 108 valence electrons. The molecule has 3 unspecified atom stereocenters. The molecule has 2 nitrogen and oxygen atoms in total. The van der Waals surface area contributed by atoms with Gasteiger partial charge in [-0.25, -0.2) is 0 Å². The van der Waals surface area contributed by atoms with Crippen LogP contribution in [-0.2, 0) is 0 Å². The molecule has 1 aromatic rings. The van der Waals surface area contributed by atoms with Gasteiger partial charge in [0.15, 0.2) is 0 Å². The highest BCUT2D eigenvalue weighted by Gasteiger charge is 2.40. The largest absolute Gasteiger partial charge is 0.341 e. The smallest absolute Gasteiger partial charge is 0.254 e. The van der Waals surface area contributed by atoms with E-state index in [-0.39, 0.29) is 5.91 Å². The molecule has 0 N–H and O–H groups in total. The van der Waals surface area contributed by atoms with E-state index >= 15 is 0 Å². The number of rotatable bonds is 3. The maximum absolute atomic E-state index is 12.6. The Labute approximate surface area is 134 Å². The maximum Gasteiger partial charge on any atom is 0.254 e. The van der Waals surface area contributed by atoms with Crippen LogP contribution in [0.2, 0.25) is 0 Å². The van der Waals surface area contributed by atoms with Crippen LogP contribution in [0.4, 0.5) is 0 Å². The van der Waals surface area contributed by atoms with Crippen LogP contribution in [0.1, 0.15) is 36.0 Å². The monoisotopic (exact) mass is 353 g/mol. The average molecular weight is 354 g/mol. The van der Waals surface area contributed by atoms with E-state index in [9.17, 15) is 4.79 Å². The van der Waals surface area contributed by atoms with Crippen molar-refractivity contribution < 1.29 is 4.79 Å². The lowest BCUT2D eigenvalue weighted by molar-refractivity contribution is 0.0753. The van der Waals surface area contributed by atoms with Gasteiger partial charge in [0.2, 0.25) is 0 Å². The van der Waals surface area contributed by atoms with Gasteiger partial charge >= 0.3 is 0 Å². The third kappa shape index (κ3) is 2.77. The standard InChI is InChI=1S/C16H20BrNOS/c1-18(9-12-7-10-2-3-11(12)6-10)16(19)14-8-13(20)4-5-15(14)17/h4-5,8,10-12,20H,2-3,6-7,9H2,1H3. The number of amides is 1. The lowest BCUT2D eigenvalue weighted by atomic mass is 9.88. The predicted molar refractivity (Wildman–Crippen MR) is 87.3 cm³/mol. The third-order valence-corrected chi connectivity index (χ3v) is 5.89. The zero-order chi connectivity index (χ0) is 14.3. The predicted octanol–water partition coefficient (Wildman–Crippen LogP) is 4.25. The van der Waals surface area contributed by atoms with E-state index in [4.69, 9.17) is 0 Å². The topological polar surface area (TPSA) is 20.3 Å². The molecule has 4 heteroatoms. The lowest BCUT2D eigenvalue weighted by Crippen LogP contribution is -2.34. The lowest BCUT2D eigenvalue weighted by Gasteiger charge is -2.27. The Kier molecular flexibility index (Phi) is 4.14. The SMILES string of the molecule is CN(CC1CC2CCC1C2)C(=O)c1cc(S)ccc1Br. The molecular formula is C16H20BrNOS. The first kappa shape index (κ1) is 14.5. The Morgan fingerprint density at radius 2 is 2.20 bits per heavy atom. The Morgan fingerprint density at radius 3 is 2.85 bits per heavy atom. The van der Waals surface area contributed by atoms with E-state index in [0.29, 0.717) is 11.5 Å². The zero-order valence-corrected chi connectivity index (χ0v) is 14.2. The molecule has 0 radical (unpaired) electrons. The summed E-state index contributed by atoms with van der Waals surface area (Å²) in [7, 11) is 1.92. The van der Waals surface area contributed by atoms with Crippen molar-refractivity contribution in [1.82, 2.24) is 4.90 Å². The fraction of sp³-hybridized carbons (Fsp3) is 0.562. The van der Waals surface area contributed by atoms with E-state index in [1.165, 1.54) is 25.7 Å². The number of hydrogen-bond donors (Lipinski definition) is 1. The summed E-state index contributed by atoms with van der Waals surface area (Å²) < 4.78 is 0.847. The number of benzene rings is 1. The first-order chi connectivity index (χ1) is 9.54. The molecule has 0 spiro atoms. The minimum atomic E-state index is 0.0931. The van der Waals surface area contributed by atoms with Gasteiger partial charge in [0.1, 0.15) is 0 Å². The molecule has 3 rings (SSSR count). The number of fused-ring (bicyclic) bond motifs is 2. The number of hydrogen-bond acceptors (Lipinski definition) is 2. The fourth-order valence-electron chi connectivity index (χ4n) is 3.92. The number of nitrogens with zero attached hydrogens (tertiary/aromatic N) is 1. The summed E-state index contributed by atoms with van der Waals surface area (Å²) in [6.45, 7) is 0.892. The van der Waals surface area contributed by atoms with Gasteiger partial charge in [-0.1, -0.05) is 6.42 Å². The molecule has 2 fully saturated rings. The molecule has 1 amide bonds. The van der Waals surface area contributed by atoms with Gasteiger partial charge in [-0.3, -0.25) is 4.79 Å². The molecule has 2 saturated carbocycles. The summed E-state index contributed by atoms with van der Waals surface area (Å²) in [5.74, 6) is 2.59. The highest BCUT2D eigenvalue weighted by atomic mass is 79.9. The van der Waals surface area contributed by atoms with Gasteiger partial charge in [-0.15, -0.1) is 12.6 Å². The second-order valence-electron chi connectivity index (χ2n) is 6.28. The minimum Gasteiger partial charge on any atom is -0.341 e. The second kappa shape index (κ2) is 5.72. The van der Waals surface area contributed by atoms with Crippen LogP contribution < -0.4 is 0 Å². The summed E-state index contributed by atoms with van der Waals surface area (Å²) in [4.78, 5) is 15.3. The quantitative estimate of drug-likeness (QED) is 0.805. The molecule has 2 aliphatic rings. The van der Waals surface area contributed by atoms with Gasteiger partial charge in [0.25, 0.3) is 5.91 Å². The molecule has 2 bridgehead atoms. The highest BCUT2D eigenvalue weighted by molar-refractivity contribution is 9.10. The molecule has 2 aliphatic carbocycles. The molecule has 3 atom stereocenters. The van der Waals surface area contributed by atoms with Crippen molar-refractivity contribution in [3.05, 3.63) is 28.2 Å². The van der Waals surface area contributed by atoms with Crippen LogP contribution in [0.25, 0.3) is 0 Å². The second-order valence-corrected chi connectivity index (χ2v) is 7.66. The van der Waals surface area contributed by atoms with Crippen LogP contribution in [0.3, 0.4) is 0 Å². The van der Waals surface area contributed by atoms with Gasteiger partial charge < -0.3 is 4.90 Å². The summed E-state index contributed by atoms with van der Waals surface area (Å²) in [6.07, 6.45) is 5.48. The Hall–Kier alpha value is -0.480. The molecule has 0 aliphatic heterocycles. The van der Waals surface area contributed by atoms with Crippen LogP contribution in [0, 0.1) is 17.8 Å². The van der Waals surface area contributed by atoms with Gasteiger partial charge in [-0.2, -0.15) is 0 Å². The van der Waals surface area contributed by atoms with Crippen LogP contribution >= 0.6 is 28.6 Å². The number of thiol groups is 1. The van der Waals surface area contributed by atoms with Crippen LogP contribution in [-0.4, -0.2) is 24.4 Å². The van der Waals surface area contributed by atoms with Crippen LogP contribution in [0.5, 0.6) is 0 Å². The summed E-state index contributed by atoms with van der Waals surface area (Å²) >= 11 is 7.79. The maximum atomic E-state index is 12.6. The molecular weight excluding hydrogens is 334 g/mol. The fourth-order valence-corrected chi connectivity index (χ4v) is 4.54. The summed E-state index contributed by atoms with van der Waals surface area (Å²) in [5.41, 5.74) is 0.711. The van der Waals surface area contributed by atoms with E-state index < -0.39 is 0 Å². The molecule has 1 aromatic carbocycles. The van der Waals surface area contributed by atoms with Gasteiger partial charge in [0, 0.05) is 23.0 Å². The van der Waals surface area contributed by atoms with Crippen molar-refractivity contribution in [3.63, 3.8) is 0 Å². The zero-order valence-electron chi connectivity index (χ0n) is 11.7. The van der Waals surface area contributed by atoms with Crippen molar-refractivity contribution in [2.75, 3.05) is 13.6 Å². The van der Waals surface area contributed by atoms with E-state index in [0.717, 1.165) is 27.7 Å². The Balaban J connectivity index is 1.69. The molecule has 20 heavy (non-hydrogen) atoms. The highest BCUT2D eigenvalue weighted by Crippen LogP contribution is 2.48. The Morgan fingerprint density at radius 1 is 1.40 bits per heavy atom. The first-order valence-corrected chi connectivity index (χ1v) is 8.52. The first-order valence-electron chi connectivity index (χ1n) is 7.28. The van der Waals surface area contributed by atoms with E-state index in [1.807, 2.05) is 30.1 Å². The average Bonchev–Trinajstić information content (AvgIpc) is 3.03. The van der Waals surface area contributed by atoms with E-state index in [1.54, 1.807) is 0 Å². The van der Waals surface area contributed by atoms with Crippen molar-refractivity contribution in [3.8, 4) is 0 Å². The normalized spacial score (nSPS) is 27.9. The minimum absolute atomic E-state index is 0.0931. The van der Waals surface area contributed by atoms with E-state index in [2.05, 4.69) is 28.6 Å².